The van der Waals surface area contributed by atoms with Crippen LogP contribution in [0.15, 0.2) is 103 Å². The van der Waals surface area contributed by atoms with E-state index in [1.807, 2.05) is 18.5 Å². The molecule has 48 heavy (non-hydrogen) atoms. The quantitative estimate of drug-likeness (QED) is 0.162. The Morgan fingerprint density at radius 1 is 0.521 bits per heavy atom. The smallest absolute Gasteiger partial charge is 0.0892 e. The second-order valence-corrected chi connectivity index (χ2v) is 15.0. The lowest BCUT2D eigenvalue weighted by Gasteiger charge is -2.36. The summed E-state index contributed by atoms with van der Waals surface area (Å²) in [6, 6.07) is 33.2. The van der Waals surface area contributed by atoms with E-state index in [1.165, 1.54) is 54.5 Å². The number of fused-ring (bicyclic) bond motifs is 5. The summed E-state index contributed by atoms with van der Waals surface area (Å²) in [5.41, 5.74) is 10.6. The highest BCUT2D eigenvalue weighted by atomic mass is 14.8. The molecule has 4 heteroatoms. The fourth-order valence-corrected chi connectivity index (χ4v) is 8.86. The number of pyridine rings is 4. The van der Waals surface area contributed by atoms with Crippen LogP contribution in [-0.2, 0) is 12.8 Å². The third-order valence-corrected chi connectivity index (χ3v) is 10.9. The minimum absolute atomic E-state index is 0.101. The van der Waals surface area contributed by atoms with Crippen LogP contribution in [0.5, 0.6) is 0 Å². The molecule has 4 atom stereocenters. The molecule has 4 heterocycles. The third-order valence-electron chi connectivity index (χ3n) is 10.9. The second-order valence-electron chi connectivity index (χ2n) is 15.0. The van der Waals surface area contributed by atoms with Crippen LogP contribution in [0.4, 0.5) is 0 Å². The first-order chi connectivity index (χ1) is 23.4. The summed E-state index contributed by atoms with van der Waals surface area (Å²) in [4.78, 5) is 20.8. The van der Waals surface area contributed by atoms with E-state index >= 15 is 0 Å². The van der Waals surface area contributed by atoms with Crippen LogP contribution >= 0.6 is 0 Å². The molecule has 0 amide bonds. The van der Waals surface area contributed by atoms with Gasteiger partial charge in [-0.2, -0.15) is 0 Å². The standard InChI is InChI=1S/C44H50N4/c1-29(2)42(33-15-7-5-8-16-33)40-27-31-23-35(44(34-17-9-6-10-18-34)37-20-12-14-22-46-37)24-32-26-39(38(25-31)47-40)48-41(28-32)43(30(3)4)36-19-11-13-21-45-36/h5,7-8,11-16,19-22,25-30,34-35,42-44H,6,9-10,17-18,23-24H2,1-4H3. The number of rotatable bonds is 9. The number of aromatic nitrogens is 4. The summed E-state index contributed by atoms with van der Waals surface area (Å²) in [6.45, 7) is 9.23. The zero-order valence-corrected chi connectivity index (χ0v) is 29.1. The molecule has 246 valence electrons. The molecule has 0 radical (unpaired) electrons. The Bertz CT molecular complexity index is 1670. The van der Waals surface area contributed by atoms with Gasteiger partial charge in [0.1, 0.15) is 0 Å². The van der Waals surface area contributed by atoms with E-state index in [-0.39, 0.29) is 11.8 Å². The number of hydrogen-bond donors (Lipinski definition) is 0. The molecule has 7 rings (SSSR count). The van der Waals surface area contributed by atoms with Gasteiger partial charge in [0.2, 0.25) is 0 Å². The van der Waals surface area contributed by atoms with Gasteiger partial charge in [-0.15, -0.1) is 0 Å². The Hall–Kier alpha value is -4.18. The lowest BCUT2D eigenvalue weighted by Crippen LogP contribution is -2.28. The highest BCUT2D eigenvalue weighted by Crippen LogP contribution is 2.44. The number of benzene rings is 1. The largest absolute Gasteiger partial charge is 0.261 e. The van der Waals surface area contributed by atoms with Crippen LogP contribution in [0.1, 0.15) is 117 Å². The molecule has 5 aromatic rings. The lowest BCUT2D eigenvalue weighted by molar-refractivity contribution is 0.235. The number of hydrogen-bond acceptors (Lipinski definition) is 4. The average molecular weight is 635 g/mol. The van der Waals surface area contributed by atoms with Gasteiger partial charge in [-0.25, -0.2) is 0 Å². The first-order valence-corrected chi connectivity index (χ1v) is 18.3. The zero-order valence-electron chi connectivity index (χ0n) is 29.1. The molecule has 1 aromatic carbocycles. The van der Waals surface area contributed by atoms with Crippen molar-refractivity contribution < 1.29 is 0 Å². The molecule has 0 saturated heterocycles. The average Bonchev–Trinajstić information content (AvgIpc) is 3.13. The third kappa shape index (κ3) is 6.99. The molecule has 0 aliphatic heterocycles. The first-order valence-electron chi connectivity index (χ1n) is 18.3. The van der Waals surface area contributed by atoms with Gasteiger partial charge in [0.05, 0.1) is 17.1 Å². The minimum atomic E-state index is 0.101. The predicted molar refractivity (Wildman–Crippen MR) is 196 cm³/mol. The highest BCUT2D eigenvalue weighted by Gasteiger charge is 2.35. The molecule has 2 aliphatic rings. The first kappa shape index (κ1) is 32.4. The fourth-order valence-electron chi connectivity index (χ4n) is 8.86. The van der Waals surface area contributed by atoms with Crippen LogP contribution in [0.25, 0.3) is 11.4 Å². The van der Waals surface area contributed by atoms with Crippen molar-refractivity contribution in [1.82, 2.24) is 19.9 Å². The maximum atomic E-state index is 5.46. The summed E-state index contributed by atoms with van der Waals surface area (Å²) in [5, 5.41) is 0. The van der Waals surface area contributed by atoms with E-state index < -0.39 is 0 Å². The van der Waals surface area contributed by atoms with Crippen LogP contribution < -0.4 is 0 Å². The van der Waals surface area contributed by atoms with Gasteiger partial charge in [-0.1, -0.05) is 89.4 Å². The zero-order chi connectivity index (χ0) is 33.0. The molecule has 4 nitrogen and oxygen atoms in total. The lowest BCUT2D eigenvalue weighted by atomic mass is 9.69. The molecule has 1 saturated carbocycles. The van der Waals surface area contributed by atoms with Gasteiger partial charge in [0, 0.05) is 47.2 Å². The Kier molecular flexibility index (Phi) is 9.79. The maximum absolute atomic E-state index is 5.46. The van der Waals surface area contributed by atoms with Crippen molar-refractivity contribution in [3.8, 4) is 11.4 Å². The normalized spacial score (nSPS) is 18.5. The molecule has 1 fully saturated rings. The SMILES string of the molecule is CC(C)C(c1ccccc1)c1cc2cc(n1)-c1cc(cc(C(c3ccccn3)C(C)C)n1)CC(C(c1ccccn1)C1CCCCC1)C2. The summed E-state index contributed by atoms with van der Waals surface area (Å²) in [5.74, 6) is 2.50. The molecule has 0 spiro atoms. The van der Waals surface area contributed by atoms with E-state index in [1.54, 1.807) is 0 Å². The van der Waals surface area contributed by atoms with Gasteiger partial charge in [-0.05, 0) is 115 Å². The predicted octanol–water partition coefficient (Wildman–Crippen LogP) is 10.6. The van der Waals surface area contributed by atoms with Crippen molar-refractivity contribution in [2.45, 2.75) is 90.4 Å². The molecular weight excluding hydrogens is 585 g/mol. The van der Waals surface area contributed by atoms with Gasteiger partial charge < -0.3 is 0 Å². The molecule has 4 bridgehead atoms. The summed E-state index contributed by atoms with van der Waals surface area (Å²) in [7, 11) is 0. The van der Waals surface area contributed by atoms with E-state index in [9.17, 15) is 0 Å². The van der Waals surface area contributed by atoms with E-state index in [0.717, 1.165) is 41.3 Å². The topological polar surface area (TPSA) is 51.6 Å². The van der Waals surface area contributed by atoms with Crippen LogP contribution in [0.3, 0.4) is 0 Å². The highest BCUT2D eigenvalue weighted by molar-refractivity contribution is 5.59. The monoisotopic (exact) mass is 634 g/mol. The van der Waals surface area contributed by atoms with Gasteiger partial charge in [-0.3, -0.25) is 19.9 Å². The van der Waals surface area contributed by atoms with E-state index in [4.69, 9.17) is 19.9 Å². The van der Waals surface area contributed by atoms with Crippen LogP contribution in [0.2, 0.25) is 0 Å². The molecule has 2 aliphatic carbocycles. The van der Waals surface area contributed by atoms with Gasteiger partial charge in [0.25, 0.3) is 0 Å². The second kappa shape index (κ2) is 14.5. The van der Waals surface area contributed by atoms with Gasteiger partial charge >= 0.3 is 0 Å². The van der Waals surface area contributed by atoms with Crippen molar-refractivity contribution in [3.05, 3.63) is 143 Å². The van der Waals surface area contributed by atoms with Crippen LogP contribution in [-0.4, -0.2) is 19.9 Å². The van der Waals surface area contributed by atoms with Crippen molar-refractivity contribution in [1.29, 1.82) is 0 Å². The molecule has 0 N–H and O–H groups in total. The Morgan fingerprint density at radius 2 is 1.06 bits per heavy atom. The van der Waals surface area contributed by atoms with Crippen molar-refractivity contribution >= 4 is 0 Å². The fraction of sp³-hybridized carbons (Fsp3) is 0.409. The van der Waals surface area contributed by atoms with E-state index in [0.29, 0.717) is 29.6 Å². The molecule has 4 unspecified atom stereocenters. The van der Waals surface area contributed by atoms with Crippen LogP contribution in [0, 0.1) is 23.7 Å². The maximum Gasteiger partial charge on any atom is 0.0892 e. The summed E-state index contributed by atoms with van der Waals surface area (Å²) >= 11 is 0. The molecular formula is C44H50N4. The van der Waals surface area contributed by atoms with Gasteiger partial charge in [0.15, 0.2) is 0 Å². The van der Waals surface area contributed by atoms with Crippen molar-refractivity contribution in [3.63, 3.8) is 0 Å². The van der Waals surface area contributed by atoms with Crippen molar-refractivity contribution in [2.75, 3.05) is 0 Å². The summed E-state index contributed by atoms with van der Waals surface area (Å²) in [6.07, 6.45) is 12.5. The number of nitrogens with zero attached hydrogens (tertiary/aromatic N) is 4. The Balaban J connectivity index is 1.42. The molecule has 4 aromatic heterocycles. The van der Waals surface area contributed by atoms with Crippen molar-refractivity contribution in [2.24, 2.45) is 23.7 Å². The Labute approximate surface area is 287 Å². The minimum Gasteiger partial charge on any atom is -0.261 e. The Morgan fingerprint density at radius 3 is 1.60 bits per heavy atom. The summed E-state index contributed by atoms with van der Waals surface area (Å²) < 4.78 is 0. The van der Waals surface area contributed by atoms with E-state index in [2.05, 4.69) is 113 Å².